The first-order valence-corrected chi connectivity index (χ1v) is 6.24. The highest BCUT2D eigenvalue weighted by Gasteiger charge is 2.17. The fraction of sp³-hybridized carbons (Fsp3) is 0.0909. The van der Waals surface area contributed by atoms with Crippen molar-refractivity contribution in [3.63, 3.8) is 0 Å². The van der Waals surface area contributed by atoms with E-state index in [0.29, 0.717) is 5.56 Å². The van der Waals surface area contributed by atoms with Crippen LogP contribution in [0.1, 0.15) is 5.56 Å². The van der Waals surface area contributed by atoms with Crippen molar-refractivity contribution < 1.29 is 18.1 Å². The van der Waals surface area contributed by atoms with E-state index in [2.05, 4.69) is 0 Å². The second-order valence-electron chi connectivity index (χ2n) is 3.83. The van der Waals surface area contributed by atoms with Crippen LogP contribution in [0.2, 0.25) is 0 Å². The summed E-state index contributed by atoms with van der Waals surface area (Å²) < 4.78 is 31.5. The van der Waals surface area contributed by atoms with Gasteiger partial charge in [0, 0.05) is 16.5 Å². The van der Waals surface area contributed by atoms with Gasteiger partial charge in [-0.15, -0.1) is 0 Å². The number of hydrogen-bond donors (Lipinski definition) is 3. The Morgan fingerprint density at radius 1 is 1.24 bits per heavy atom. The van der Waals surface area contributed by atoms with Crippen LogP contribution < -0.4 is 5.73 Å². The van der Waals surface area contributed by atoms with E-state index in [-0.39, 0.29) is 27.1 Å². The number of phenolic OH excluding ortho intramolecular Hbond substituents is 1. The van der Waals surface area contributed by atoms with Crippen LogP contribution in [0, 0.1) is 6.92 Å². The molecule has 0 aromatic heterocycles. The number of anilines is 1. The van der Waals surface area contributed by atoms with Crippen molar-refractivity contribution in [1.29, 1.82) is 0 Å². The Hall–Kier alpha value is -1.79. The van der Waals surface area contributed by atoms with E-state index < -0.39 is 10.1 Å². The normalized spacial score (nSPS) is 11.9. The van der Waals surface area contributed by atoms with E-state index >= 15 is 0 Å². The Bertz CT molecular complexity index is 707. The molecule has 5 nitrogen and oxygen atoms in total. The predicted molar refractivity (Wildman–Crippen MR) is 64.6 cm³/mol. The molecule has 0 bridgehead atoms. The van der Waals surface area contributed by atoms with Gasteiger partial charge in [0.25, 0.3) is 10.1 Å². The molecule has 0 aliphatic heterocycles. The molecule has 0 radical (unpaired) electrons. The van der Waals surface area contributed by atoms with Crippen LogP contribution in [0.25, 0.3) is 10.8 Å². The molecule has 6 heteroatoms. The summed E-state index contributed by atoms with van der Waals surface area (Å²) in [4.78, 5) is -0.263. The lowest BCUT2D eigenvalue weighted by atomic mass is 10.0. The van der Waals surface area contributed by atoms with Gasteiger partial charge in [0.15, 0.2) is 0 Å². The summed E-state index contributed by atoms with van der Waals surface area (Å²) >= 11 is 0. The van der Waals surface area contributed by atoms with E-state index in [0.717, 1.165) is 0 Å². The van der Waals surface area contributed by atoms with Crippen LogP contribution in [0.5, 0.6) is 5.75 Å². The molecular formula is C11H11NO4S. The molecule has 0 aliphatic carbocycles. The standard InChI is InChI=1S/C11H11NO4S/c1-6-4-7-10(17(14,15)16)3-2-8(12)11(7)9(13)5-6/h2-5,13H,12H2,1H3,(H,14,15,16). The van der Waals surface area contributed by atoms with Gasteiger partial charge in [-0.25, -0.2) is 0 Å². The van der Waals surface area contributed by atoms with Crippen LogP contribution in [-0.2, 0) is 10.1 Å². The van der Waals surface area contributed by atoms with Gasteiger partial charge in [-0.3, -0.25) is 4.55 Å². The van der Waals surface area contributed by atoms with Crippen LogP contribution in [0.4, 0.5) is 5.69 Å². The smallest absolute Gasteiger partial charge is 0.295 e. The fourth-order valence-electron chi connectivity index (χ4n) is 1.83. The maximum atomic E-state index is 11.2. The van der Waals surface area contributed by atoms with Gasteiger partial charge in [-0.2, -0.15) is 8.42 Å². The number of hydrogen-bond acceptors (Lipinski definition) is 4. The highest BCUT2D eigenvalue weighted by Crippen LogP contribution is 2.35. The summed E-state index contributed by atoms with van der Waals surface area (Å²) in [6.45, 7) is 1.70. The van der Waals surface area contributed by atoms with E-state index in [1.165, 1.54) is 18.2 Å². The minimum Gasteiger partial charge on any atom is -0.507 e. The Balaban J connectivity index is 3.05. The Kier molecular flexibility index (Phi) is 2.48. The molecule has 0 atom stereocenters. The number of phenols is 1. The van der Waals surface area contributed by atoms with Crippen molar-refractivity contribution >= 4 is 26.6 Å². The molecule has 0 spiro atoms. The number of benzene rings is 2. The SMILES string of the molecule is Cc1cc(O)c2c(N)ccc(S(=O)(=O)O)c2c1. The summed E-state index contributed by atoms with van der Waals surface area (Å²) in [5, 5.41) is 10.2. The zero-order chi connectivity index (χ0) is 12.8. The van der Waals surface area contributed by atoms with Crippen LogP contribution in [0.3, 0.4) is 0 Å². The first kappa shape index (κ1) is 11.7. The molecule has 2 aromatic rings. The first-order valence-electron chi connectivity index (χ1n) is 4.80. The van der Waals surface area contributed by atoms with E-state index in [1.807, 2.05) is 0 Å². The molecule has 2 aromatic carbocycles. The molecule has 0 unspecified atom stereocenters. The van der Waals surface area contributed by atoms with Crippen molar-refractivity contribution in [2.75, 3.05) is 5.73 Å². The largest absolute Gasteiger partial charge is 0.507 e. The molecule has 90 valence electrons. The summed E-state index contributed by atoms with van der Waals surface area (Å²) in [6.07, 6.45) is 0. The quantitative estimate of drug-likeness (QED) is 0.530. The van der Waals surface area contributed by atoms with E-state index in [9.17, 15) is 13.5 Å². The zero-order valence-electron chi connectivity index (χ0n) is 9.01. The Labute approximate surface area is 98.2 Å². The first-order chi connectivity index (χ1) is 7.80. The number of aryl methyl sites for hydroxylation is 1. The molecule has 0 amide bonds. The van der Waals surface area contributed by atoms with Gasteiger partial charge >= 0.3 is 0 Å². The number of nitrogens with two attached hydrogens (primary N) is 1. The number of aromatic hydroxyl groups is 1. The van der Waals surface area contributed by atoms with Crippen molar-refractivity contribution in [2.45, 2.75) is 11.8 Å². The van der Waals surface area contributed by atoms with Gasteiger partial charge in [0.1, 0.15) is 10.6 Å². The molecule has 0 saturated heterocycles. The van der Waals surface area contributed by atoms with Crippen LogP contribution in [-0.4, -0.2) is 18.1 Å². The lowest BCUT2D eigenvalue weighted by molar-refractivity contribution is 0.481. The van der Waals surface area contributed by atoms with E-state index in [1.54, 1.807) is 13.0 Å². The Morgan fingerprint density at radius 3 is 2.47 bits per heavy atom. The number of fused-ring (bicyclic) bond motifs is 1. The molecule has 17 heavy (non-hydrogen) atoms. The fourth-order valence-corrected chi connectivity index (χ4v) is 2.51. The zero-order valence-corrected chi connectivity index (χ0v) is 9.82. The topological polar surface area (TPSA) is 101 Å². The number of nitrogen functional groups attached to an aromatic ring is 1. The molecule has 0 heterocycles. The predicted octanol–water partition coefficient (Wildman–Crippen LogP) is 1.68. The summed E-state index contributed by atoms with van der Waals surface area (Å²) in [5.41, 5.74) is 6.61. The van der Waals surface area contributed by atoms with Gasteiger partial charge in [0.2, 0.25) is 0 Å². The van der Waals surface area contributed by atoms with Crippen molar-refractivity contribution in [2.24, 2.45) is 0 Å². The summed E-state index contributed by atoms with van der Waals surface area (Å²) in [5.74, 6) is -0.108. The molecular weight excluding hydrogens is 242 g/mol. The lowest BCUT2D eigenvalue weighted by Crippen LogP contribution is -2.01. The van der Waals surface area contributed by atoms with Gasteiger partial charge in [0.05, 0.1) is 0 Å². The molecule has 0 fully saturated rings. The van der Waals surface area contributed by atoms with Crippen LogP contribution >= 0.6 is 0 Å². The summed E-state index contributed by atoms with van der Waals surface area (Å²) in [7, 11) is -4.35. The third kappa shape index (κ3) is 1.92. The van der Waals surface area contributed by atoms with Crippen molar-refractivity contribution in [3.05, 3.63) is 29.8 Å². The molecule has 0 aliphatic rings. The number of rotatable bonds is 1. The van der Waals surface area contributed by atoms with Gasteiger partial charge in [-0.1, -0.05) is 0 Å². The highest BCUT2D eigenvalue weighted by atomic mass is 32.2. The molecule has 2 rings (SSSR count). The van der Waals surface area contributed by atoms with Gasteiger partial charge in [-0.05, 0) is 36.8 Å². The second kappa shape index (κ2) is 3.61. The average Bonchev–Trinajstić information content (AvgIpc) is 2.14. The monoisotopic (exact) mass is 253 g/mol. The highest BCUT2D eigenvalue weighted by molar-refractivity contribution is 7.86. The maximum Gasteiger partial charge on any atom is 0.295 e. The Morgan fingerprint density at radius 2 is 1.88 bits per heavy atom. The van der Waals surface area contributed by atoms with E-state index in [4.69, 9.17) is 10.3 Å². The third-order valence-electron chi connectivity index (χ3n) is 2.51. The molecule has 0 saturated carbocycles. The summed E-state index contributed by atoms with van der Waals surface area (Å²) in [6, 6.07) is 5.58. The lowest BCUT2D eigenvalue weighted by Gasteiger charge is -2.09. The second-order valence-corrected chi connectivity index (χ2v) is 5.22. The van der Waals surface area contributed by atoms with Gasteiger partial charge < -0.3 is 10.8 Å². The minimum absolute atomic E-state index is 0.108. The minimum atomic E-state index is -4.35. The van der Waals surface area contributed by atoms with Crippen LogP contribution in [0.15, 0.2) is 29.2 Å². The molecule has 4 N–H and O–H groups in total. The third-order valence-corrected chi connectivity index (χ3v) is 3.42. The van der Waals surface area contributed by atoms with Crippen molar-refractivity contribution in [1.82, 2.24) is 0 Å². The maximum absolute atomic E-state index is 11.2. The van der Waals surface area contributed by atoms with Crippen molar-refractivity contribution in [3.8, 4) is 5.75 Å². The average molecular weight is 253 g/mol.